The van der Waals surface area contributed by atoms with Crippen LogP contribution < -0.4 is 10.3 Å². The molecule has 3 aromatic heterocycles. The number of aryl methyl sites for hydroxylation is 1. The molecule has 174 valence electrons. The number of aromatic nitrogens is 3. The second kappa shape index (κ2) is 8.49. The molecule has 5 heterocycles. The Kier molecular flexibility index (Phi) is 5.44. The van der Waals surface area contributed by atoms with Gasteiger partial charge in [-0.2, -0.15) is 0 Å². The maximum atomic E-state index is 14.1. The Labute approximate surface area is 210 Å². The van der Waals surface area contributed by atoms with Gasteiger partial charge in [0.05, 0.1) is 0 Å². The van der Waals surface area contributed by atoms with Crippen LogP contribution in [0.15, 0.2) is 53.5 Å². The fourth-order valence-corrected chi connectivity index (χ4v) is 5.84. The molecule has 34 heavy (non-hydrogen) atoms. The zero-order valence-electron chi connectivity index (χ0n) is 18.8. The van der Waals surface area contributed by atoms with Crippen molar-refractivity contribution in [2.45, 2.75) is 31.9 Å². The first-order valence-electron chi connectivity index (χ1n) is 11.5. The third-order valence-corrected chi connectivity index (χ3v) is 7.74. The van der Waals surface area contributed by atoms with Gasteiger partial charge in [0.2, 0.25) is 0 Å². The van der Waals surface area contributed by atoms with Crippen LogP contribution in [-0.2, 0) is 20.1 Å². The van der Waals surface area contributed by atoms with Gasteiger partial charge in [-0.1, -0.05) is 6.07 Å². The molecule has 4 aromatic rings. The van der Waals surface area contributed by atoms with Crippen LogP contribution in [0.4, 0.5) is 4.39 Å². The molecule has 0 spiro atoms. The molecule has 1 saturated heterocycles. The fraction of sp³-hybridized carbons (Fsp3) is 0.308. The molecule has 0 radical (unpaired) electrons. The normalized spacial score (nSPS) is 17.7. The number of rotatable bonds is 4. The van der Waals surface area contributed by atoms with E-state index in [-0.39, 0.29) is 18.0 Å². The Morgan fingerprint density at radius 3 is 2.88 bits per heavy atom. The predicted molar refractivity (Wildman–Crippen MR) is 137 cm³/mol. The van der Waals surface area contributed by atoms with E-state index >= 15 is 0 Å². The summed E-state index contributed by atoms with van der Waals surface area (Å²) in [6.07, 6.45) is 5.13. The monoisotopic (exact) mass is 570 g/mol. The Hall–Kier alpha value is -2.72. The topological polar surface area (TPSA) is 52.3 Å². The molecule has 1 unspecified atom stereocenters. The molecule has 1 aromatic carbocycles. The first-order chi connectivity index (χ1) is 16.5. The van der Waals surface area contributed by atoms with Crippen molar-refractivity contribution in [2.24, 2.45) is 7.05 Å². The summed E-state index contributed by atoms with van der Waals surface area (Å²) >= 11 is 2.06. The minimum Gasteiger partial charge on any atom is -0.489 e. The number of nitrogens with zero attached hydrogens (tertiary/aromatic N) is 4. The van der Waals surface area contributed by atoms with E-state index in [4.69, 9.17) is 9.72 Å². The van der Waals surface area contributed by atoms with Gasteiger partial charge in [-0.3, -0.25) is 14.3 Å². The molecule has 6 nitrogen and oxygen atoms in total. The maximum absolute atomic E-state index is 14.1. The highest BCUT2D eigenvalue weighted by atomic mass is 127. The van der Waals surface area contributed by atoms with E-state index < -0.39 is 0 Å². The van der Waals surface area contributed by atoms with E-state index in [0.717, 1.165) is 22.2 Å². The minimum atomic E-state index is -0.316. The van der Waals surface area contributed by atoms with Gasteiger partial charge in [-0.25, -0.2) is 9.37 Å². The molecule has 8 heteroatoms. The first-order valence-corrected chi connectivity index (χ1v) is 12.6. The molecular formula is C26H24FIN4O2. The van der Waals surface area contributed by atoms with Crippen molar-refractivity contribution in [1.82, 2.24) is 19.0 Å². The molecule has 6 rings (SSSR count). The zero-order valence-corrected chi connectivity index (χ0v) is 21.0. The largest absolute Gasteiger partial charge is 0.489 e. The van der Waals surface area contributed by atoms with E-state index in [1.165, 1.54) is 52.7 Å². The number of hydrogen-bond donors (Lipinski definition) is 0. The summed E-state index contributed by atoms with van der Waals surface area (Å²) in [7, 11) is 2.08. The lowest BCUT2D eigenvalue weighted by Crippen LogP contribution is -2.31. The SMILES string of the molecule is Cn1c2c(c3ccc(-n4ccc(OCc5ccc(I)cc5F)cc4=O)nc31)C1CCCN1CC2. The summed E-state index contributed by atoms with van der Waals surface area (Å²) in [4.78, 5) is 20.4. The van der Waals surface area contributed by atoms with Gasteiger partial charge >= 0.3 is 0 Å². The maximum Gasteiger partial charge on any atom is 0.259 e. The summed E-state index contributed by atoms with van der Waals surface area (Å²) in [5.41, 5.74) is 3.90. The van der Waals surface area contributed by atoms with Crippen LogP contribution in [0.5, 0.6) is 5.75 Å². The predicted octanol–water partition coefficient (Wildman–Crippen LogP) is 4.74. The van der Waals surface area contributed by atoms with Crippen LogP contribution in [0.3, 0.4) is 0 Å². The lowest BCUT2D eigenvalue weighted by molar-refractivity contribution is 0.242. The highest BCUT2D eigenvalue weighted by molar-refractivity contribution is 14.1. The summed E-state index contributed by atoms with van der Waals surface area (Å²) in [6.45, 7) is 2.33. The van der Waals surface area contributed by atoms with Crippen molar-refractivity contribution in [3.05, 3.63) is 85.2 Å². The number of ether oxygens (including phenoxy) is 1. The van der Waals surface area contributed by atoms with E-state index in [1.54, 1.807) is 18.3 Å². The van der Waals surface area contributed by atoms with Crippen molar-refractivity contribution in [1.29, 1.82) is 0 Å². The standard InChI is InChI=1S/C26H24FIN4O2/c1-30-21-9-11-31-10-2-3-22(31)25(21)19-6-7-23(29-26(19)30)32-12-8-18(14-24(32)33)34-15-16-4-5-17(28)13-20(16)27/h4-8,12-14,22H,2-3,9-11,15H2,1H3. The van der Waals surface area contributed by atoms with E-state index in [2.05, 4.69) is 45.2 Å². The number of pyridine rings is 2. The molecule has 0 amide bonds. The first kappa shape index (κ1) is 21.8. The van der Waals surface area contributed by atoms with Crippen molar-refractivity contribution >= 4 is 33.6 Å². The Bertz CT molecular complexity index is 1480. The number of hydrogen-bond acceptors (Lipinski definition) is 4. The fourth-order valence-electron chi connectivity index (χ4n) is 5.39. The third kappa shape index (κ3) is 3.63. The molecule has 0 bridgehead atoms. The van der Waals surface area contributed by atoms with E-state index in [9.17, 15) is 9.18 Å². The van der Waals surface area contributed by atoms with Crippen LogP contribution in [0.1, 0.15) is 35.7 Å². The molecule has 0 aliphatic carbocycles. The van der Waals surface area contributed by atoms with Gasteiger partial charge in [-0.15, -0.1) is 0 Å². The molecule has 0 N–H and O–H groups in total. The smallest absolute Gasteiger partial charge is 0.259 e. The van der Waals surface area contributed by atoms with Crippen molar-refractivity contribution < 1.29 is 9.13 Å². The molecule has 2 aliphatic rings. The molecule has 2 aliphatic heterocycles. The third-order valence-electron chi connectivity index (χ3n) is 7.06. The second-order valence-electron chi connectivity index (χ2n) is 9.00. The molecule has 0 saturated carbocycles. The van der Waals surface area contributed by atoms with Gasteiger partial charge in [0, 0.05) is 58.5 Å². The lowest BCUT2D eigenvalue weighted by Gasteiger charge is -2.30. The number of fused-ring (bicyclic) bond motifs is 5. The Morgan fingerprint density at radius 1 is 1.18 bits per heavy atom. The van der Waals surface area contributed by atoms with Crippen molar-refractivity contribution in [3.8, 4) is 11.6 Å². The molecule has 1 atom stereocenters. The van der Waals surface area contributed by atoms with Crippen molar-refractivity contribution in [3.63, 3.8) is 0 Å². The summed E-state index contributed by atoms with van der Waals surface area (Å²) in [6, 6.07) is 12.6. The van der Waals surface area contributed by atoms with Gasteiger partial charge in [0.1, 0.15) is 29.6 Å². The number of halogens is 2. The summed E-state index contributed by atoms with van der Waals surface area (Å²) in [5, 5.41) is 1.19. The van der Waals surface area contributed by atoms with Crippen molar-refractivity contribution in [2.75, 3.05) is 13.1 Å². The van der Waals surface area contributed by atoms with E-state index in [0.29, 0.717) is 23.2 Å². The van der Waals surface area contributed by atoms with Crippen LogP contribution in [0, 0.1) is 9.39 Å². The quantitative estimate of drug-likeness (QED) is 0.333. The average Bonchev–Trinajstić information content (AvgIpc) is 3.41. The van der Waals surface area contributed by atoms with E-state index in [1.807, 2.05) is 12.1 Å². The van der Waals surface area contributed by atoms with Crippen LogP contribution in [0.2, 0.25) is 0 Å². The Balaban J connectivity index is 1.30. The summed E-state index contributed by atoms with van der Waals surface area (Å²) < 4.78 is 24.3. The van der Waals surface area contributed by atoms with Gasteiger partial charge in [0.15, 0.2) is 0 Å². The Morgan fingerprint density at radius 2 is 2.06 bits per heavy atom. The van der Waals surface area contributed by atoms with Crippen LogP contribution >= 0.6 is 22.6 Å². The van der Waals surface area contributed by atoms with Gasteiger partial charge in [0.25, 0.3) is 5.56 Å². The van der Waals surface area contributed by atoms with Gasteiger partial charge in [-0.05, 0) is 77.9 Å². The minimum absolute atomic E-state index is 0.0590. The molecular weight excluding hydrogens is 546 g/mol. The molecule has 1 fully saturated rings. The van der Waals surface area contributed by atoms with Crippen LogP contribution in [0.25, 0.3) is 16.9 Å². The number of benzene rings is 1. The summed E-state index contributed by atoms with van der Waals surface area (Å²) in [5.74, 6) is 0.661. The lowest BCUT2D eigenvalue weighted by atomic mass is 9.96. The zero-order chi connectivity index (χ0) is 23.4. The van der Waals surface area contributed by atoms with Crippen LogP contribution in [-0.4, -0.2) is 32.1 Å². The highest BCUT2D eigenvalue weighted by Gasteiger charge is 2.35. The average molecular weight is 570 g/mol. The highest BCUT2D eigenvalue weighted by Crippen LogP contribution is 2.42. The second-order valence-corrected chi connectivity index (χ2v) is 10.2. The van der Waals surface area contributed by atoms with Gasteiger partial charge < -0.3 is 9.30 Å².